The van der Waals surface area contributed by atoms with Crippen molar-refractivity contribution >= 4 is 22.8 Å². The number of methoxy groups -OCH3 is 1. The fourth-order valence-electron chi connectivity index (χ4n) is 4.16. The first-order valence-electron chi connectivity index (χ1n) is 10.3. The number of fused-ring (bicyclic) bond motifs is 1. The van der Waals surface area contributed by atoms with E-state index in [1.165, 1.54) is 12.7 Å². The normalized spacial score (nSPS) is 15.1. The molecule has 30 heavy (non-hydrogen) atoms. The predicted molar refractivity (Wildman–Crippen MR) is 115 cm³/mol. The lowest BCUT2D eigenvalue weighted by atomic mass is 9.96. The van der Waals surface area contributed by atoms with Crippen LogP contribution in [0.1, 0.15) is 18.4 Å². The van der Waals surface area contributed by atoms with E-state index in [-0.39, 0.29) is 12.5 Å². The van der Waals surface area contributed by atoms with Crippen molar-refractivity contribution in [3.05, 3.63) is 48.4 Å². The topological polar surface area (TPSA) is 76.4 Å². The average Bonchev–Trinajstić information content (AvgIpc) is 3.18. The summed E-state index contributed by atoms with van der Waals surface area (Å²) in [6.07, 6.45) is 5.54. The Morgan fingerprint density at radius 1 is 1.20 bits per heavy atom. The summed E-state index contributed by atoms with van der Waals surface area (Å²) in [6, 6.07) is 10.6. The molecule has 0 saturated carbocycles. The van der Waals surface area contributed by atoms with Gasteiger partial charge in [-0.1, -0.05) is 30.3 Å². The number of carbonyl (C=O) groups is 1. The molecule has 0 radical (unpaired) electrons. The first-order valence-corrected chi connectivity index (χ1v) is 10.3. The van der Waals surface area contributed by atoms with Crippen molar-refractivity contribution in [2.45, 2.75) is 25.9 Å². The predicted octanol–water partition coefficient (Wildman–Crippen LogP) is 2.35. The lowest BCUT2D eigenvalue weighted by Gasteiger charge is -2.34. The van der Waals surface area contributed by atoms with Crippen LogP contribution in [0.2, 0.25) is 0 Å². The molecule has 0 N–H and O–H groups in total. The van der Waals surface area contributed by atoms with Gasteiger partial charge in [0, 0.05) is 26.2 Å². The number of anilines is 1. The summed E-state index contributed by atoms with van der Waals surface area (Å²) in [5.74, 6) is 1.22. The molecule has 0 aliphatic carbocycles. The van der Waals surface area contributed by atoms with Crippen molar-refractivity contribution in [1.29, 1.82) is 0 Å². The molecule has 0 amide bonds. The summed E-state index contributed by atoms with van der Waals surface area (Å²) in [4.78, 5) is 25.2. The van der Waals surface area contributed by atoms with Gasteiger partial charge in [-0.2, -0.15) is 5.10 Å². The van der Waals surface area contributed by atoms with Gasteiger partial charge in [0.1, 0.15) is 18.7 Å². The van der Waals surface area contributed by atoms with Gasteiger partial charge < -0.3 is 14.5 Å². The van der Waals surface area contributed by atoms with Gasteiger partial charge in [-0.3, -0.25) is 4.79 Å². The Kier molecular flexibility index (Phi) is 6.23. The molecule has 8 heteroatoms. The Labute approximate surface area is 176 Å². The quantitative estimate of drug-likeness (QED) is 0.556. The second-order valence-electron chi connectivity index (χ2n) is 7.93. The Morgan fingerprint density at radius 3 is 2.70 bits per heavy atom. The molecule has 158 valence electrons. The summed E-state index contributed by atoms with van der Waals surface area (Å²) >= 11 is 0. The monoisotopic (exact) mass is 408 g/mol. The van der Waals surface area contributed by atoms with Crippen LogP contribution < -0.4 is 4.90 Å². The minimum atomic E-state index is -0.347. The number of esters is 1. The fourth-order valence-corrected chi connectivity index (χ4v) is 4.16. The third-order valence-electron chi connectivity index (χ3n) is 5.70. The maximum atomic E-state index is 11.6. The Bertz CT molecular complexity index is 982. The number of hydrogen-bond donors (Lipinski definition) is 0. The second kappa shape index (κ2) is 9.21. The highest BCUT2D eigenvalue weighted by Gasteiger charge is 2.24. The number of aromatic nitrogens is 4. The fraction of sp³-hybridized carbons (Fsp3) is 0.455. The molecule has 4 rings (SSSR count). The van der Waals surface area contributed by atoms with Crippen LogP contribution in [0.5, 0.6) is 0 Å². The zero-order valence-corrected chi connectivity index (χ0v) is 17.6. The van der Waals surface area contributed by atoms with E-state index in [4.69, 9.17) is 4.74 Å². The number of ether oxygens (including phenoxy) is 1. The summed E-state index contributed by atoms with van der Waals surface area (Å²) in [5.41, 5.74) is 2.01. The smallest absolute Gasteiger partial charge is 0.327 e. The molecule has 2 aromatic heterocycles. The SMILES string of the molecule is COC(=O)Cn1ncc2c(N3CCC(CN(C)Cc4ccccc4)CC3)ncnc21. The van der Waals surface area contributed by atoms with Crippen molar-refractivity contribution in [3.63, 3.8) is 0 Å². The lowest BCUT2D eigenvalue weighted by Crippen LogP contribution is -2.38. The third-order valence-corrected chi connectivity index (χ3v) is 5.70. The number of rotatable bonds is 7. The molecule has 1 aromatic carbocycles. The standard InChI is InChI=1S/C22H28N6O2/c1-26(13-17-6-4-3-5-7-17)14-18-8-10-27(11-9-18)21-19-12-25-28(15-20(29)30-2)22(19)24-16-23-21/h3-7,12,16,18H,8-11,13-15H2,1-2H3. The van der Waals surface area contributed by atoms with Gasteiger partial charge in [0.25, 0.3) is 0 Å². The number of benzene rings is 1. The molecule has 8 nitrogen and oxygen atoms in total. The van der Waals surface area contributed by atoms with Crippen molar-refractivity contribution < 1.29 is 9.53 Å². The average molecular weight is 409 g/mol. The molecular formula is C22H28N6O2. The maximum absolute atomic E-state index is 11.6. The molecule has 0 atom stereocenters. The van der Waals surface area contributed by atoms with Gasteiger partial charge in [0.2, 0.25) is 0 Å². The van der Waals surface area contributed by atoms with Crippen LogP contribution in [0, 0.1) is 5.92 Å². The summed E-state index contributed by atoms with van der Waals surface area (Å²) in [7, 11) is 3.57. The van der Waals surface area contributed by atoms with Crippen LogP contribution in [0.15, 0.2) is 42.9 Å². The van der Waals surface area contributed by atoms with E-state index < -0.39 is 0 Å². The van der Waals surface area contributed by atoms with E-state index in [1.807, 2.05) is 0 Å². The summed E-state index contributed by atoms with van der Waals surface area (Å²) < 4.78 is 6.31. The van der Waals surface area contributed by atoms with Crippen LogP contribution in [0.25, 0.3) is 11.0 Å². The van der Waals surface area contributed by atoms with E-state index in [1.54, 1.807) is 17.2 Å². The molecule has 1 aliphatic heterocycles. The highest BCUT2D eigenvalue weighted by Crippen LogP contribution is 2.27. The second-order valence-corrected chi connectivity index (χ2v) is 7.93. The number of carbonyl (C=O) groups excluding carboxylic acids is 1. The number of piperidine rings is 1. The van der Waals surface area contributed by atoms with Gasteiger partial charge in [-0.25, -0.2) is 14.6 Å². The Hall–Kier alpha value is -3.00. The molecule has 0 spiro atoms. The minimum absolute atomic E-state index is 0.0479. The van der Waals surface area contributed by atoms with E-state index in [2.05, 4.69) is 62.2 Å². The zero-order chi connectivity index (χ0) is 20.9. The van der Waals surface area contributed by atoms with E-state index in [0.29, 0.717) is 11.6 Å². The molecule has 3 aromatic rings. The van der Waals surface area contributed by atoms with E-state index in [9.17, 15) is 4.79 Å². The van der Waals surface area contributed by atoms with E-state index >= 15 is 0 Å². The van der Waals surface area contributed by atoms with E-state index in [0.717, 1.165) is 50.2 Å². The first kappa shape index (κ1) is 20.3. The molecule has 1 fully saturated rings. The molecule has 1 aliphatic rings. The highest BCUT2D eigenvalue weighted by molar-refractivity contribution is 5.87. The Morgan fingerprint density at radius 2 is 1.97 bits per heavy atom. The van der Waals surface area contributed by atoms with Crippen molar-refractivity contribution in [3.8, 4) is 0 Å². The largest absolute Gasteiger partial charge is 0.468 e. The van der Waals surface area contributed by atoms with Crippen molar-refractivity contribution in [2.75, 3.05) is 38.7 Å². The molecule has 0 bridgehead atoms. The lowest BCUT2D eigenvalue weighted by molar-refractivity contribution is -0.141. The maximum Gasteiger partial charge on any atom is 0.327 e. The Balaban J connectivity index is 1.37. The van der Waals surface area contributed by atoms with Gasteiger partial charge in [0.05, 0.1) is 18.7 Å². The summed E-state index contributed by atoms with van der Waals surface area (Å²) in [5, 5.41) is 5.19. The van der Waals surface area contributed by atoms with Gasteiger partial charge in [-0.05, 0) is 31.4 Å². The van der Waals surface area contributed by atoms with Gasteiger partial charge in [-0.15, -0.1) is 0 Å². The van der Waals surface area contributed by atoms with Crippen molar-refractivity contribution in [2.24, 2.45) is 5.92 Å². The minimum Gasteiger partial charge on any atom is -0.468 e. The molecular weight excluding hydrogens is 380 g/mol. The van der Waals surface area contributed by atoms with Crippen LogP contribution in [-0.4, -0.2) is 64.4 Å². The summed E-state index contributed by atoms with van der Waals surface area (Å²) in [6.45, 7) is 4.04. The first-order chi connectivity index (χ1) is 14.6. The van der Waals surface area contributed by atoms with Crippen LogP contribution >= 0.6 is 0 Å². The zero-order valence-electron chi connectivity index (χ0n) is 17.6. The van der Waals surface area contributed by atoms with Crippen LogP contribution in [-0.2, 0) is 22.6 Å². The van der Waals surface area contributed by atoms with Crippen LogP contribution in [0.3, 0.4) is 0 Å². The van der Waals surface area contributed by atoms with Crippen molar-refractivity contribution in [1.82, 2.24) is 24.6 Å². The van der Waals surface area contributed by atoms with Gasteiger partial charge >= 0.3 is 5.97 Å². The van der Waals surface area contributed by atoms with Crippen LogP contribution in [0.4, 0.5) is 5.82 Å². The molecule has 0 unspecified atom stereocenters. The third kappa shape index (κ3) is 4.59. The number of hydrogen-bond acceptors (Lipinski definition) is 7. The molecule has 3 heterocycles. The molecule has 1 saturated heterocycles. The highest BCUT2D eigenvalue weighted by atomic mass is 16.5. The van der Waals surface area contributed by atoms with Gasteiger partial charge in [0.15, 0.2) is 5.65 Å². The number of nitrogens with zero attached hydrogens (tertiary/aromatic N) is 6.